The third-order valence-corrected chi connectivity index (χ3v) is 13.7. The Morgan fingerprint density at radius 2 is 1.03 bits per heavy atom. The zero-order chi connectivity index (χ0) is 49.6. The van der Waals surface area contributed by atoms with E-state index in [4.69, 9.17) is 20.1 Å². The lowest BCUT2D eigenvalue weighted by Gasteiger charge is -2.35. The fraction of sp³-hybridized carbons (Fsp3) is 0.231. The highest BCUT2D eigenvalue weighted by atomic mass is 19.1. The van der Waals surface area contributed by atoms with Crippen molar-refractivity contribution in [2.45, 2.75) is 19.1 Å². The fourth-order valence-corrected chi connectivity index (χ4v) is 9.57. The standard InChI is InChI=1S/C52H48F2N18O/c1-52(73,41-5-9-44(54)10-6-41)42-27-57-51(58-28-42)69-19-15-67(16-20-69)49-47-22-37(32-72(47)64-34-60-49)40-26-62-70(30-40)12-11-45(35-3-7-43(53)8-4-35)38-23-55-50(56-24-38)68-17-13-66(14-18-68)48-46-21-36(31-71(46)63-33-59-48)39-25-61-65(2)29-39/h3-11,21-34,73H,12-20H2,1-2H3/b45-11-. The van der Waals surface area contributed by atoms with Gasteiger partial charge in [-0.1, -0.05) is 30.3 Å². The molecular weight excluding hydrogens is 931 g/mol. The minimum Gasteiger partial charge on any atom is -0.381 e. The first kappa shape index (κ1) is 45.2. The number of aliphatic hydroxyl groups is 1. The monoisotopic (exact) mass is 978 g/mol. The van der Waals surface area contributed by atoms with Crippen molar-refractivity contribution < 1.29 is 13.9 Å². The lowest BCUT2D eigenvalue weighted by atomic mass is 9.90. The Labute approximate surface area is 417 Å². The van der Waals surface area contributed by atoms with E-state index in [1.54, 1.807) is 60.9 Å². The molecule has 10 aromatic rings. The summed E-state index contributed by atoms with van der Waals surface area (Å²) in [5, 5.41) is 29.3. The molecule has 0 saturated carbocycles. The van der Waals surface area contributed by atoms with Gasteiger partial charge < -0.3 is 24.7 Å². The predicted octanol–water partition coefficient (Wildman–Crippen LogP) is 5.94. The van der Waals surface area contributed by atoms with E-state index in [2.05, 4.69) is 68.1 Å². The number of rotatable bonds is 12. The molecule has 2 aliphatic rings. The molecule has 0 aliphatic carbocycles. The van der Waals surface area contributed by atoms with E-state index in [1.165, 1.54) is 24.3 Å². The predicted molar refractivity (Wildman–Crippen MR) is 271 cm³/mol. The number of fused-ring (bicyclic) bond motifs is 2. The van der Waals surface area contributed by atoms with Crippen molar-refractivity contribution in [3.05, 3.63) is 175 Å². The van der Waals surface area contributed by atoms with Crippen molar-refractivity contribution in [1.82, 2.24) is 68.7 Å². The molecule has 8 aromatic heterocycles. The third-order valence-electron chi connectivity index (χ3n) is 13.7. The summed E-state index contributed by atoms with van der Waals surface area (Å²) in [6.45, 7) is 7.62. The zero-order valence-corrected chi connectivity index (χ0v) is 39.9. The Bertz CT molecular complexity index is 3590. The molecule has 0 amide bonds. The maximum absolute atomic E-state index is 14.2. The van der Waals surface area contributed by atoms with Gasteiger partial charge in [0.1, 0.15) is 40.9 Å². The first-order valence-corrected chi connectivity index (χ1v) is 23.9. The number of hydrogen-bond acceptors (Lipinski definition) is 15. The topological polar surface area (TPSA) is 181 Å². The van der Waals surface area contributed by atoms with Crippen LogP contribution in [0.1, 0.15) is 29.2 Å². The minimum atomic E-state index is -1.38. The maximum atomic E-state index is 14.2. The smallest absolute Gasteiger partial charge is 0.225 e. The van der Waals surface area contributed by atoms with Gasteiger partial charge in [-0.15, -0.1) is 0 Å². The van der Waals surface area contributed by atoms with E-state index in [0.717, 1.165) is 74.7 Å². The number of nitrogens with zero attached hydrogens (tertiary/aromatic N) is 18. The van der Waals surface area contributed by atoms with Crippen LogP contribution in [-0.2, 0) is 19.2 Å². The summed E-state index contributed by atoms with van der Waals surface area (Å²) in [5.74, 6) is 2.21. The molecule has 21 heteroatoms. The van der Waals surface area contributed by atoms with Gasteiger partial charge in [0, 0.05) is 142 Å². The van der Waals surface area contributed by atoms with Gasteiger partial charge in [-0.2, -0.15) is 20.4 Å². The van der Waals surface area contributed by atoms with E-state index >= 15 is 0 Å². The van der Waals surface area contributed by atoms with E-state index in [9.17, 15) is 13.9 Å². The second-order valence-electron chi connectivity index (χ2n) is 18.3. The van der Waals surface area contributed by atoms with E-state index < -0.39 is 5.60 Å². The fourth-order valence-electron chi connectivity index (χ4n) is 9.57. The molecule has 0 bridgehead atoms. The van der Waals surface area contributed by atoms with Crippen LogP contribution < -0.4 is 19.6 Å². The summed E-state index contributed by atoms with van der Waals surface area (Å²) in [4.78, 5) is 37.0. The normalized spacial score (nSPS) is 15.4. The van der Waals surface area contributed by atoms with Crippen LogP contribution in [0.2, 0.25) is 0 Å². The van der Waals surface area contributed by atoms with E-state index in [-0.39, 0.29) is 11.6 Å². The molecule has 10 heterocycles. The third kappa shape index (κ3) is 8.94. The summed E-state index contributed by atoms with van der Waals surface area (Å²) in [5.41, 5.74) is 7.87. The van der Waals surface area contributed by atoms with Crippen LogP contribution in [-0.4, -0.2) is 126 Å². The van der Waals surface area contributed by atoms with Gasteiger partial charge in [-0.3, -0.25) is 9.36 Å². The SMILES string of the molecule is Cn1cc(-c2cc3c(N4CCN(c5ncc(/C(=C\Cn6cc(-c7cc8c(N9CCN(c%10ncc(C(C)(O)c%11ccc(F)cc%11)cn%10)CC9)ncnn8c7)cn6)c6ccc(F)cc6)cn5)CC4)ncnn3c2)cn1. The molecule has 0 radical (unpaired) electrons. The van der Waals surface area contributed by atoms with Crippen molar-refractivity contribution in [3.63, 3.8) is 0 Å². The maximum Gasteiger partial charge on any atom is 0.225 e. The highest BCUT2D eigenvalue weighted by molar-refractivity contribution is 5.80. The summed E-state index contributed by atoms with van der Waals surface area (Å²) in [6.07, 6.45) is 23.7. The molecular formula is C52H48F2N18O. The number of anilines is 4. The molecule has 1 unspecified atom stereocenters. The number of aromatic nitrogens is 14. The van der Waals surface area contributed by atoms with Gasteiger partial charge in [0.25, 0.3) is 0 Å². The summed E-state index contributed by atoms with van der Waals surface area (Å²) in [7, 11) is 1.90. The first-order chi connectivity index (χ1) is 35.6. The second kappa shape index (κ2) is 18.6. The molecule has 1 N–H and O–H groups in total. The molecule has 0 spiro atoms. The number of allylic oxidation sites excluding steroid dienone is 1. The highest BCUT2D eigenvalue weighted by Crippen LogP contribution is 2.32. The Hall–Kier alpha value is -8.98. The van der Waals surface area contributed by atoms with Crippen molar-refractivity contribution in [3.8, 4) is 22.3 Å². The Morgan fingerprint density at radius 1 is 0.534 bits per heavy atom. The van der Waals surface area contributed by atoms with Crippen molar-refractivity contribution in [1.29, 1.82) is 0 Å². The molecule has 2 saturated heterocycles. The Morgan fingerprint density at radius 3 is 1.56 bits per heavy atom. The van der Waals surface area contributed by atoms with Crippen LogP contribution in [0.3, 0.4) is 0 Å². The number of benzene rings is 2. The van der Waals surface area contributed by atoms with E-state index in [0.29, 0.717) is 68.8 Å². The Kier molecular flexibility index (Phi) is 11.5. The van der Waals surface area contributed by atoms with Crippen molar-refractivity contribution in [2.75, 3.05) is 72.0 Å². The first-order valence-electron chi connectivity index (χ1n) is 23.9. The quantitative estimate of drug-likeness (QED) is 0.152. The van der Waals surface area contributed by atoms with E-state index in [1.807, 2.05) is 70.3 Å². The highest BCUT2D eigenvalue weighted by Gasteiger charge is 2.29. The van der Waals surface area contributed by atoms with Gasteiger partial charge >= 0.3 is 0 Å². The minimum absolute atomic E-state index is 0.317. The summed E-state index contributed by atoms with van der Waals surface area (Å²) >= 11 is 0. The van der Waals surface area contributed by atoms with Crippen LogP contribution in [0, 0.1) is 11.6 Å². The average Bonchev–Trinajstić information content (AvgIpc) is 4.27. The lowest BCUT2D eigenvalue weighted by Crippen LogP contribution is -2.47. The van der Waals surface area contributed by atoms with Crippen LogP contribution in [0.25, 0.3) is 38.9 Å². The van der Waals surface area contributed by atoms with Crippen molar-refractivity contribution >= 4 is 40.1 Å². The molecule has 2 aromatic carbocycles. The molecule has 12 rings (SSSR count). The van der Waals surface area contributed by atoms with Crippen LogP contribution in [0.4, 0.5) is 32.3 Å². The van der Waals surface area contributed by atoms with Gasteiger partial charge in [0.2, 0.25) is 11.9 Å². The van der Waals surface area contributed by atoms with Gasteiger partial charge in [0.05, 0.1) is 18.9 Å². The molecule has 1 atom stereocenters. The molecule has 366 valence electrons. The summed E-state index contributed by atoms with van der Waals surface area (Å²) < 4.78 is 35.1. The molecule has 2 fully saturated rings. The molecule has 73 heavy (non-hydrogen) atoms. The number of halogens is 2. The zero-order valence-electron chi connectivity index (χ0n) is 39.9. The molecule has 2 aliphatic heterocycles. The Balaban J connectivity index is 0.707. The summed E-state index contributed by atoms with van der Waals surface area (Å²) in [6, 6.07) is 16.4. The number of piperazine rings is 2. The molecule has 19 nitrogen and oxygen atoms in total. The van der Waals surface area contributed by atoms with Crippen LogP contribution >= 0.6 is 0 Å². The average molecular weight is 979 g/mol. The second-order valence-corrected chi connectivity index (χ2v) is 18.3. The number of aryl methyl sites for hydroxylation is 1. The largest absolute Gasteiger partial charge is 0.381 e. The lowest BCUT2D eigenvalue weighted by molar-refractivity contribution is 0.101. The number of hydrogen-bond donors (Lipinski definition) is 1. The van der Waals surface area contributed by atoms with Crippen molar-refractivity contribution in [2.24, 2.45) is 7.05 Å². The van der Waals surface area contributed by atoms with Gasteiger partial charge in [0.15, 0.2) is 11.6 Å². The van der Waals surface area contributed by atoms with Gasteiger partial charge in [-0.05, 0) is 60.0 Å². The van der Waals surface area contributed by atoms with Crippen LogP contribution in [0.5, 0.6) is 0 Å². The van der Waals surface area contributed by atoms with Crippen LogP contribution in [0.15, 0.2) is 141 Å². The van der Waals surface area contributed by atoms with Gasteiger partial charge in [-0.25, -0.2) is 47.7 Å².